The summed E-state index contributed by atoms with van der Waals surface area (Å²) in [4.78, 5) is 36.0. The maximum absolute atomic E-state index is 12.0. The van der Waals surface area contributed by atoms with Gasteiger partial charge in [-0.05, 0) is 22.6 Å². The van der Waals surface area contributed by atoms with Crippen LogP contribution in [0.2, 0.25) is 0 Å². The number of H-pyrrole nitrogens is 1. The maximum atomic E-state index is 12.0. The molecule has 1 unspecified atom stereocenters. The molecule has 19 heavy (non-hydrogen) atoms. The van der Waals surface area contributed by atoms with Gasteiger partial charge in [0.2, 0.25) is 11.8 Å². The summed E-state index contributed by atoms with van der Waals surface area (Å²) in [7, 11) is 0. The third kappa shape index (κ3) is 1.95. The first kappa shape index (κ1) is 12.3. The lowest BCUT2D eigenvalue weighted by Gasteiger charge is -2.15. The van der Waals surface area contributed by atoms with E-state index in [2.05, 4.69) is 37.5 Å². The number of carbonyl (C=O) groups is 2. The molecule has 0 aliphatic carbocycles. The molecule has 98 valence electrons. The molecule has 2 aromatic heterocycles. The van der Waals surface area contributed by atoms with Crippen molar-refractivity contribution in [3.8, 4) is 0 Å². The molecule has 1 aliphatic rings. The summed E-state index contributed by atoms with van der Waals surface area (Å²) in [5.74, 6) is -0.510. The van der Waals surface area contributed by atoms with Crippen LogP contribution < -0.4 is 10.6 Å². The number of primary amides is 1. The largest absolute Gasteiger partial charge is 0.369 e. The number of aromatic amines is 1. The lowest BCUT2D eigenvalue weighted by molar-refractivity contribution is -0.123. The normalized spacial score (nSPS) is 19.3. The van der Waals surface area contributed by atoms with E-state index in [1.165, 1.54) is 11.2 Å². The number of fused-ring (bicyclic) bond motifs is 1. The molecule has 1 aliphatic heterocycles. The van der Waals surface area contributed by atoms with Gasteiger partial charge < -0.3 is 10.7 Å². The van der Waals surface area contributed by atoms with Crippen molar-refractivity contribution in [3.63, 3.8) is 0 Å². The van der Waals surface area contributed by atoms with Gasteiger partial charge in [0.15, 0.2) is 0 Å². The van der Waals surface area contributed by atoms with Crippen LogP contribution in [0, 0.1) is 9.49 Å². The number of hydrogen-bond donors (Lipinski definition) is 2. The van der Waals surface area contributed by atoms with Gasteiger partial charge in [0, 0.05) is 22.7 Å². The summed E-state index contributed by atoms with van der Waals surface area (Å²) in [6, 6.07) is 0. The molecular formula is C11H10IN5O2. The number of aromatic nitrogens is 3. The summed E-state index contributed by atoms with van der Waals surface area (Å²) >= 11 is 2.15. The Balaban J connectivity index is 2.08. The van der Waals surface area contributed by atoms with E-state index in [-0.39, 0.29) is 18.9 Å². The van der Waals surface area contributed by atoms with Crippen molar-refractivity contribution < 1.29 is 9.59 Å². The van der Waals surface area contributed by atoms with E-state index >= 15 is 0 Å². The number of amides is 2. The van der Waals surface area contributed by atoms with Crippen LogP contribution in [0.4, 0.5) is 5.82 Å². The van der Waals surface area contributed by atoms with Crippen molar-refractivity contribution in [1.29, 1.82) is 0 Å². The van der Waals surface area contributed by atoms with Gasteiger partial charge in [-0.25, -0.2) is 9.97 Å². The quantitative estimate of drug-likeness (QED) is 0.746. The van der Waals surface area contributed by atoms with Crippen LogP contribution in [-0.2, 0) is 9.59 Å². The van der Waals surface area contributed by atoms with Crippen LogP contribution in [0.3, 0.4) is 0 Å². The molecule has 7 nitrogen and oxygen atoms in total. The second kappa shape index (κ2) is 4.44. The van der Waals surface area contributed by atoms with Crippen LogP contribution in [0.15, 0.2) is 12.5 Å². The highest BCUT2D eigenvalue weighted by atomic mass is 127. The number of nitrogens with two attached hydrogens (primary N) is 1. The Kier molecular flexibility index (Phi) is 2.88. The average Bonchev–Trinajstić information content (AvgIpc) is 2.94. The summed E-state index contributed by atoms with van der Waals surface area (Å²) in [6.45, 7) is 0.279. The van der Waals surface area contributed by atoms with Gasteiger partial charge in [0.1, 0.15) is 17.8 Å². The number of rotatable bonds is 2. The standard InChI is InChI=1S/C11H10IN5O2/c12-6-2-14-10-8(6)11(16-4-15-10)17-3-5(9(13)19)1-7(17)18/h2,4-5H,1,3H2,(H2,13,19)(H,14,15,16). The Morgan fingerprint density at radius 1 is 1.53 bits per heavy atom. The van der Waals surface area contributed by atoms with Crippen molar-refractivity contribution in [1.82, 2.24) is 15.0 Å². The van der Waals surface area contributed by atoms with E-state index in [4.69, 9.17) is 5.73 Å². The monoisotopic (exact) mass is 371 g/mol. The Morgan fingerprint density at radius 3 is 3.00 bits per heavy atom. The van der Waals surface area contributed by atoms with E-state index in [0.717, 1.165) is 8.96 Å². The molecule has 0 aromatic carbocycles. The first-order chi connectivity index (χ1) is 9.08. The first-order valence-electron chi connectivity index (χ1n) is 5.65. The molecule has 0 bridgehead atoms. The molecule has 1 saturated heterocycles. The molecule has 3 N–H and O–H groups in total. The fourth-order valence-corrected chi connectivity index (χ4v) is 2.87. The highest BCUT2D eigenvalue weighted by Gasteiger charge is 2.35. The smallest absolute Gasteiger partial charge is 0.229 e. The van der Waals surface area contributed by atoms with Crippen LogP contribution in [0.5, 0.6) is 0 Å². The van der Waals surface area contributed by atoms with E-state index in [0.29, 0.717) is 11.5 Å². The second-order valence-corrected chi connectivity index (χ2v) is 5.53. The fourth-order valence-electron chi connectivity index (χ4n) is 2.22. The topological polar surface area (TPSA) is 105 Å². The summed E-state index contributed by atoms with van der Waals surface area (Å²) in [5, 5.41) is 0.793. The number of nitrogens with zero attached hydrogens (tertiary/aromatic N) is 3. The maximum Gasteiger partial charge on any atom is 0.229 e. The average molecular weight is 371 g/mol. The van der Waals surface area contributed by atoms with Crippen molar-refractivity contribution in [2.75, 3.05) is 11.4 Å². The SMILES string of the molecule is NC(=O)C1CC(=O)N(c2ncnc3[nH]cc(I)c23)C1. The van der Waals surface area contributed by atoms with Gasteiger partial charge in [0.05, 0.1) is 11.3 Å². The molecule has 3 rings (SSSR count). The Bertz CT molecular complexity index is 683. The zero-order valence-corrected chi connectivity index (χ0v) is 11.9. The number of carbonyl (C=O) groups excluding carboxylic acids is 2. The Hall–Kier alpha value is -1.71. The van der Waals surface area contributed by atoms with Gasteiger partial charge in [-0.3, -0.25) is 14.5 Å². The molecule has 1 atom stereocenters. The molecule has 0 saturated carbocycles. The summed E-state index contributed by atoms with van der Waals surface area (Å²) < 4.78 is 0.929. The van der Waals surface area contributed by atoms with E-state index in [9.17, 15) is 9.59 Å². The van der Waals surface area contributed by atoms with Gasteiger partial charge >= 0.3 is 0 Å². The Labute approximate surface area is 121 Å². The van der Waals surface area contributed by atoms with Crippen molar-refractivity contribution >= 4 is 51.3 Å². The molecule has 8 heteroatoms. The molecule has 2 aromatic rings. The molecule has 1 fully saturated rings. The molecule has 0 radical (unpaired) electrons. The highest BCUT2D eigenvalue weighted by molar-refractivity contribution is 14.1. The van der Waals surface area contributed by atoms with Gasteiger partial charge in [-0.2, -0.15) is 0 Å². The lowest BCUT2D eigenvalue weighted by atomic mass is 10.1. The minimum Gasteiger partial charge on any atom is -0.369 e. The van der Waals surface area contributed by atoms with Crippen LogP contribution >= 0.6 is 22.6 Å². The molecular weight excluding hydrogens is 361 g/mol. The van der Waals surface area contributed by atoms with Crippen LogP contribution in [0.1, 0.15) is 6.42 Å². The zero-order chi connectivity index (χ0) is 13.6. The summed E-state index contributed by atoms with van der Waals surface area (Å²) in [5.41, 5.74) is 5.94. The van der Waals surface area contributed by atoms with E-state index in [1.807, 2.05) is 0 Å². The van der Waals surface area contributed by atoms with Crippen molar-refractivity contribution in [3.05, 3.63) is 16.1 Å². The number of halogens is 1. The number of anilines is 1. The molecule has 0 spiro atoms. The van der Waals surface area contributed by atoms with E-state index in [1.54, 1.807) is 6.20 Å². The zero-order valence-electron chi connectivity index (χ0n) is 9.76. The Morgan fingerprint density at radius 2 is 2.32 bits per heavy atom. The predicted molar refractivity (Wildman–Crippen MR) is 76.3 cm³/mol. The predicted octanol–water partition coefficient (Wildman–Crippen LogP) is 0.401. The third-order valence-electron chi connectivity index (χ3n) is 3.18. The first-order valence-corrected chi connectivity index (χ1v) is 6.73. The van der Waals surface area contributed by atoms with Gasteiger partial charge in [-0.15, -0.1) is 0 Å². The van der Waals surface area contributed by atoms with Crippen molar-refractivity contribution in [2.45, 2.75) is 6.42 Å². The fraction of sp³-hybridized carbons (Fsp3) is 0.273. The third-order valence-corrected chi connectivity index (χ3v) is 4.04. The van der Waals surface area contributed by atoms with Crippen LogP contribution in [0.25, 0.3) is 11.0 Å². The molecule has 3 heterocycles. The second-order valence-electron chi connectivity index (χ2n) is 4.37. The minimum absolute atomic E-state index is 0.138. The highest BCUT2D eigenvalue weighted by Crippen LogP contribution is 2.31. The molecule has 2 amide bonds. The van der Waals surface area contributed by atoms with Crippen molar-refractivity contribution in [2.24, 2.45) is 11.7 Å². The minimum atomic E-state index is -0.454. The lowest BCUT2D eigenvalue weighted by Crippen LogP contribution is -2.29. The summed E-state index contributed by atoms with van der Waals surface area (Å²) in [6.07, 6.45) is 3.34. The number of nitrogens with one attached hydrogen (secondary N) is 1. The van der Waals surface area contributed by atoms with Crippen LogP contribution in [-0.4, -0.2) is 33.3 Å². The van der Waals surface area contributed by atoms with Gasteiger partial charge in [0.25, 0.3) is 0 Å². The number of hydrogen-bond acceptors (Lipinski definition) is 4. The van der Waals surface area contributed by atoms with E-state index < -0.39 is 11.8 Å². The van der Waals surface area contributed by atoms with Gasteiger partial charge in [-0.1, -0.05) is 0 Å².